The zero-order valence-corrected chi connectivity index (χ0v) is 6.28. The number of aromatic amines is 1. The molecule has 0 unspecified atom stereocenters. The smallest absolute Gasteiger partial charge is 0.224 e. The van der Waals surface area contributed by atoms with Crippen molar-refractivity contribution in [1.29, 1.82) is 0 Å². The van der Waals surface area contributed by atoms with Gasteiger partial charge in [0.2, 0.25) is 5.95 Å². The molecule has 0 aliphatic carbocycles. The third kappa shape index (κ3) is 1.01. The summed E-state index contributed by atoms with van der Waals surface area (Å²) in [5.74, 6) is 0.465. The monoisotopic (exact) mass is 167 g/mol. The maximum absolute atomic E-state index is 5.50. The van der Waals surface area contributed by atoms with Crippen LogP contribution in [-0.4, -0.2) is 19.9 Å². The second-order valence-corrected chi connectivity index (χ2v) is 2.07. The molecule has 0 aliphatic heterocycles. The number of rotatable bonds is 0. The molecule has 2 aromatic heterocycles. The highest BCUT2D eigenvalue weighted by atomic mass is 15.1. The molecule has 0 fully saturated rings. The lowest BCUT2D eigenvalue weighted by Crippen LogP contribution is -1.99. The molecule has 8 N–H and O–H groups in total. The Morgan fingerprint density at radius 2 is 2.00 bits per heavy atom. The Bertz CT molecular complexity index is 392. The molecule has 64 valence electrons. The number of aromatic nitrogens is 4. The third-order valence-corrected chi connectivity index (χ3v) is 1.33. The molecule has 7 heteroatoms. The summed E-state index contributed by atoms with van der Waals surface area (Å²) in [5, 5.41) is 0. The van der Waals surface area contributed by atoms with Crippen LogP contribution in [0.3, 0.4) is 0 Å². The van der Waals surface area contributed by atoms with Gasteiger partial charge >= 0.3 is 0 Å². The van der Waals surface area contributed by atoms with Crippen LogP contribution in [0.5, 0.6) is 0 Å². The molecule has 0 radical (unpaired) electrons. The number of H-pyrrole nitrogens is 1. The first-order chi connectivity index (χ1) is 5.27. The van der Waals surface area contributed by atoms with Crippen LogP contribution in [0.2, 0.25) is 0 Å². The van der Waals surface area contributed by atoms with Crippen molar-refractivity contribution in [3.63, 3.8) is 0 Å². The number of anilines is 2. The van der Waals surface area contributed by atoms with Crippen LogP contribution in [0.1, 0.15) is 0 Å². The number of hydrogen-bond donors (Lipinski definition) is 4. The summed E-state index contributed by atoms with van der Waals surface area (Å²) >= 11 is 0. The van der Waals surface area contributed by atoms with Crippen LogP contribution in [0.4, 0.5) is 11.8 Å². The Morgan fingerprint density at radius 1 is 1.25 bits per heavy atom. The predicted molar refractivity (Wildman–Crippen MR) is 45.5 cm³/mol. The van der Waals surface area contributed by atoms with Crippen molar-refractivity contribution >= 4 is 22.9 Å². The quantitative estimate of drug-likeness (QED) is 0.423. The minimum atomic E-state index is 0. The lowest BCUT2D eigenvalue weighted by atomic mass is 10.5. The van der Waals surface area contributed by atoms with E-state index in [2.05, 4.69) is 19.9 Å². The Morgan fingerprint density at radius 3 is 2.75 bits per heavy atom. The van der Waals surface area contributed by atoms with Gasteiger partial charge in [0.05, 0.1) is 6.33 Å². The van der Waals surface area contributed by atoms with Crippen LogP contribution in [0.25, 0.3) is 11.2 Å². The zero-order chi connectivity index (χ0) is 7.84. The van der Waals surface area contributed by atoms with Gasteiger partial charge in [0, 0.05) is 0 Å². The zero-order valence-electron chi connectivity index (χ0n) is 6.28. The molecule has 0 aromatic carbocycles. The molecule has 0 bridgehead atoms. The summed E-state index contributed by atoms with van der Waals surface area (Å²) in [4.78, 5) is 14.3. The van der Waals surface area contributed by atoms with Crippen LogP contribution >= 0.6 is 0 Å². The maximum atomic E-state index is 5.50. The van der Waals surface area contributed by atoms with Gasteiger partial charge in [-0.2, -0.15) is 9.97 Å². The van der Waals surface area contributed by atoms with Crippen LogP contribution in [0, 0.1) is 0 Å². The highest BCUT2D eigenvalue weighted by Crippen LogP contribution is 2.12. The first-order valence-electron chi connectivity index (χ1n) is 2.99. The van der Waals surface area contributed by atoms with E-state index in [9.17, 15) is 0 Å². The Labute approximate surface area is 67.8 Å². The van der Waals surface area contributed by atoms with Gasteiger partial charge in [0.1, 0.15) is 5.52 Å². The van der Waals surface area contributed by atoms with Crippen molar-refractivity contribution in [2.75, 3.05) is 11.5 Å². The molecule has 0 spiro atoms. The molecule has 0 atom stereocenters. The Hall–Kier alpha value is -1.89. The summed E-state index contributed by atoms with van der Waals surface area (Å²) in [7, 11) is 0. The first kappa shape index (κ1) is 8.21. The minimum absolute atomic E-state index is 0. The van der Waals surface area contributed by atoms with E-state index >= 15 is 0 Å². The molecule has 7 nitrogen and oxygen atoms in total. The normalized spacial score (nSPS) is 9.67. The van der Waals surface area contributed by atoms with Crippen LogP contribution in [-0.2, 0) is 0 Å². The van der Waals surface area contributed by atoms with Crippen molar-refractivity contribution < 1.29 is 0 Å². The molecule has 2 aromatic rings. The minimum Gasteiger partial charge on any atom is -0.382 e. The van der Waals surface area contributed by atoms with E-state index in [1.54, 1.807) is 0 Å². The van der Waals surface area contributed by atoms with Gasteiger partial charge in [0.25, 0.3) is 0 Å². The molecular formula is C5H9N7. The molecule has 0 amide bonds. The second-order valence-electron chi connectivity index (χ2n) is 2.07. The molecule has 0 saturated heterocycles. The molecule has 0 saturated carbocycles. The van der Waals surface area contributed by atoms with Gasteiger partial charge in [0.15, 0.2) is 11.5 Å². The third-order valence-electron chi connectivity index (χ3n) is 1.33. The SMILES string of the molecule is N.Nc1nc(N)c2[nH]cnc2n1. The van der Waals surface area contributed by atoms with E-state index in [0.29, 0.717) is 17.0 Å². The molecule has 2 rings (SSSR count). The predicted octanol–water partition coefficient (Wildman–Crippen LogP) is -0.321. The number of nitrogens with two attached hydrogens (primary N) is 2. The van der Waals surface area contributed by atoms with Crippen molar-refractivity contribution in [2.45, 2.75) is 0 Å². The van der Waals surface area contributed by atoms with Gasteiger partial charge in [-0.25, -0.2) is 4.98 Å². The second kappa shape index (κ2) is 2.62. The highest BCUT2D eigenvalue weighted by Gasteiger charge is 2.03. The lowest BCUT2D eigenvalue weighted by Gasteiger charge is -1.94. The van der Waals surface area contributed by atoms with E-state index in [1.165, 1.54) is 6.33 Å². The Balaban J connectivity index is 0.000000720. The van der Waals surface area contributed by atoms with Gasteiger partial charge in [-0.1, -0.05) is 0 Å². The van der Waals surface area contributed by atoms with Gasteiger partial charge in [-0.15, -0.1) is 0 Å². The fraction of sp³-hybridized carbons (Fsp3) is 0. The van der Waals surface area contributed by atoms with Crippen LogP contribution < -0.4 is 17.6 Å². The topological polar surface area (TPSA) is 142 Å². The standard InChI is InChI=1S/C5H6N6.H3N/c6-3-2-4(9-1-8-2)11-5(7)10-3;/h1H,(H5,6,7,8,9,10,11);1H3. The van der Waals surface area contributed by atoms with E-state index < -0.39 is 0 Å². The Kier molecular flexibility index (Phi) is 1.80. The number of nitrogens with one attached hydrogen (secondary N) is 1. The number of nitrogens with zero attached hydrogens (tertiary/aromatic N) is 3. The van der Waals surface area contributed by atoms with E-state index in [1.807, 2.05) is 0 Å². The summed E-state index contributed by atoms with van der Waals surface area (Å²) in [6.45, 7) is 0. The first-order valence-corrected chi connectivity index (χ1v) is 2.99. The number of imidazole rings is 1. The molecule has 0 aliphatic rings. The average Bonchev–Trinajstić information content (AvgIpc) is 2.34. The van der Waals surface area contributed by atoms with Crippen LogP contribution in [0.15, 0.2) is 6.33 Å². The number of fused-ring (bicyclic) bond motifs is 1. The molecule has 12 heavy (non-hydrogen) atoms. The number of nitrogen functional groups attached to an aromatic ring is 2. The van der Waals surface area contributed by atoms with Crippen molar-refractivity contribution in [2.24, 2.45) is 0 Å². The summed E-state index contributed by atoms with van der Waals surface area (Å²) < 4.78 is 0. The van der Waals surface area contributed by atoms with Crippen molar-refractivity contribution in [3.8, 4) is 0 Å². The summed E-state index contributed by atoms with van der Waals surface area (Å²) in [6.07, 6.45) is 1.50. The van der Waals surface area contributed by atoms with Crippen molar-refractivity contribution in [1.82, 2.24) is 26.1 Å². The highest BCUT2D eigenvalue weighted by molar-refractivity contribution is 5.81. The lowest BCUT2D eigenvalue weighted by molar-refractivity contribution is 1.22. The van der Waals surface area contributed by atoms with E-state index in [-0.39, 0.29) is 12.1 Å². The van der Waals surface area contributed by atoms with Gasteiger partial charge in [-0.05, 0) is 0 Å². The van der Waals surface area contributed by atoms with Crippen molar-refractivity contribution in [3.05, 3.63) is 6.33 Å². The average molecular weight is 167 g/mol. The number of hydrogen-bond acceptors (Lipinski definition) is 6. The molecule has 2 heterocycles. The maximum Gasteiger partial charge on any atom is 0.224 e. The van der Waals surface area contributed by atoms with E-state index in [0.717, 1.165) is 0 Å². The largest absolute Gasteiger partial charge is 0.382 e. The fourth-order valence-electron chi connectivity index (χ4n) is 0.873. The van der Waals surface area contributed by atoms with E-state index in [4.69, 9.17) is 11.5 Å². The summed E-state index contributed by atoms with van der Waals surface area (Å²) in [5.41, 5.74) is 11.9. The molecular weight excluding hydrogens is 158 g/mol. The fourth-order valence-corrected chi connectivity index (χ4v) is 0.873. The van der Waals surface area contributed by atoms with Gasteiger partial charge < -0.3 is 22.6 Å². The summed E-state index contributed by atoms with van der Waals surface area (Å²) in [6, 6.07) is 0. The van der Waals surface area contributed by atoms with Gasteiger partial charge in [-0.3, -0.25) is 0 Å².